The molecule has 15 heavy (non-hydrogen) atoms. The summed E-state index contributed by atoms with van der Waals surface area (Å²) in [5.74, 6) is -1.49. The van der Waals surface area contributed by atoms with Crippen LogP contribution < -0.4 is 64.2 Å². The molecule has 0 aromatic heterocycles. The SMILES string of the molecule is O=C([O-])c1cccc(S(=O)(=O)O)c1.[Na+].[Na+]. The van der Waals surface area contributed by atoms with Crippen LogP contribution in [0.15, 0.2) is 29.2 Å². The molecule has 0 heterocycles. The number of carbonyl (C=O) groups excluding carboxylic acids is 1. The van der Waals surface area contributed by atoms with Gasteiger partial charge in [0.05, 0.1) is 10.9 Å². The van der Waals surface area contributed by atoms with Gasteiger partial charge in [-0.2, -0.15) is 8.42 Å². The fourth-order valence-corrected chi connectivity index (χ4v) is 1.31. The first-order valence-corrected chi connectivity index (χ1v) is 4.64. The van der Waals surface area contributed by atoms with Gasteiger partial charge < -0.3 is 9.90 Å². The summed E-state index contributed by atoms with van der Waals surface area (Å²) in [7, 11) is -4.35. The van der Waals surface area contributed by atoms with Crippen molar-refractivity contribution in [3.8, 4) is 0 Å². The number of rotatable bonds is 2. The van der Waals surface area contributed by atoms with Gasteiger partial charge in [0.15, 0.2) is 0 Å². The quantitative estimate of drug-likeness (QED) is 0.414. The molecule has 0 spiro atoms. The Balaban J connectivity index is 0. The molecular formula is C7H5Na2O5S+. The molecule has 0 saturated heterocycles. The number of hydrogen-bond acceptors (Lipinski definition) is 4. The van der Waals surface area contributed by atoms with E-state index < -0.39 is 21.0 Å². The maximum Gasteiger partial charge on any atom is 1.00 e. The number of carboxylic acid groups (broad SMARTS) is 1. The Morgan fingerprint density at radius 2 is 1.80 bits per heavy atom. The van der Waals surface area contributed by atoms with E-state index in [1.807, 2.05) is 0 Å². The molecule has 0 aliphatic carbocycles. The molecule has 0 aliphatic heterocycles. The Hall–Kier alpha value is 0.600. The van der Waals surface area contributed by atoms with Gasteiger partial charge in [-0.05, 0) is 17.7 Å². The molecule has 1 rings (SSSR count). The van der Waals surface area contributed by atoms with Gasteiger partial charge in [0.25, 0.3) is 10.1 Å². The summed E-state index contributed by atoms with van der Waals surface area (Å²) < 4.78 is 29.7. The maximum absolute atomic E-state index is 10.5. The van der Waals surface area contributed by atoms with Crippen LogP contribution in [0, 0.1) is 0 Å². The van der Waals surface area contributed by atoms with E-state index in [4.69, 9.17) is 4.55 Å². The molecule has 0 unspecified atom stereocenters. The van der Waals surface area contributed by atoms with Crippen LogP contribution in [0.25, 0.3) is 0 Å². The molecule has 70 valence electrons. The summed E-state index contributed by atoms with van der Waals surface area (Å²) in [5, 5.41) is 10.3. The third-order valence-corrected chi connectivity index (χ3v) is 2.22. The van der Waals surface area contributed by atoms with Crippen LogP contribution in [0.4, 0.5) is 0 Å². The molecule has 1 aromatic rings. The molecular weight excluding hydrogens is 242 g/mol. The van der Waals surface area contributed by atoms with Crippen molar-refractivity contribution in [3.63, 3.8) is 0 Å². The Morgan fingerprint density at radius 1 is 1.27 bits per heavy atom. The van der Waals surface area contributed by atoms with Crippen molar-refractivity contribution < 1.29 is 82.0 Å². The largest absolute Gasteiger partial charge is 1.00 e. The Kier molecular flexibility index (Phi) is 8.43. The Bertz CT molecular complexity index is 442. The molecule has 1 N–H and O–H groups in total. The molecule has 0 atom stereocenters. The minimum Gasteiger partial charge on any atom is -0.545 e. The van der Waals surface area contributed by atoms with Gasteiger partial charge >= 0.3 is 59.1 Å². The van der Waals surface area contributed by atoms with Gasteiger partial charge in [-0.1, -0.05) is 12.1 Å². The predicted octanol–water partition coefficient (Wildman–Crippen LogP) is -6.70. The van der Waals surface area contributed by atoms with Crippen molar-refractivity contribution in [2.45, 2.75) is 4.90 Å². The summed E-state index contributed by atoms with van der Waals surface area (Å²) >= 11 is 0. The summed E-state index contributed by atoms with van der Waals surface area (Å²) in [6.45, 7) is 0. The third kappa shape index (κ3) is 5.46. The molecule has 0 saturated carbocycles. The summed E-state index contributed by atoms with van der Waals surface area (Å²) in [6.07, 6.45) is 0. The Morgan fingerprint density at radius 3 is 2.20 bits per heavy atom. The van der Waals surface area contributed by atoms with Crippen LogP contribution >= 0.6 is 0 Å². The first kappa shape index (κ1) is 18.0. The second-order valence-electron chi connectivity index (χ2n) is 2.29. The van der Waals surface area contributed by atoms with Gasteiger partial charge in [0.2, 0.25) is 0 Å². The zero-order valence-corrected chi connectivity index (χ0v) is 13.1. The predicted molar refractivity (Wildman–Crippen MR) is 40.6 cm³/mol. The van der Waals surface area contributed by atoms with Crippen molar-refractivity contribution in [3.05, 3.63) is 29.8 Å². The first-order valence-electron chi connectivity index (χ1n) is 3.20. The van der Waals surface area contributed by atoms with Gasteiger partial charge in [-0.15, -0.1) is 0 Å². The number of benzene rings is 1. The van der Waals surface area contributed by atoms with Crippen LogP contribution in [0.2, 0.25) is 0 Å². The maximum atomic E-state index is 10.5. The van der Waals surface area contributed by atoms with Crippen molar-refractivity contribution in [2.75, 3.05) is 0 Å². The van der Waals surface area contributed by atoms with Gasteiger partial charge in [-0.25, -0.2) is 0 Å². The monoisotopic (exact) mass is 247 g/mol. The third-order valence-electron chi connectivity index (χ3n) is 1.37. The number of carbonyl (C=O) groups is 1. The minimum absolute atomic E-state index is 0. The van der Waals surface area contributed by atoms with E-state index in [1.54, 1.807) is 0 Å². The summed E-state index contributed by atoms with van der Waals surface area (Å²) in [6, 6.07) is 4.28. The smallest absolute Gasteiger partial charge is 0.545 e. The average molecular weight is 247 g/mol. The zero-order valence-electron chi connectivity index (χ0n) is 8.30. The fourth-order valence-electron chi connectivity index (χ4n) is 0.784. The number of hydrogen-bond donors (Lipinski definition) is 1. The molecule has 0 fully saturated rings. The van der Waals surface area contributed by atoms with Crippen LogP contribution in [-0.2, 0) is 10.1 Å². The van der Waals surface area contributed by atoms with Crippen LogP contribution in [0.3, 0.4) is 0 Å². The van der Waals surface area contributed by atoms with E-state index in [0.29, 0.717) is 0 Å². The van der Waals surface area contributed by atoms with E-state index in [9.17, 15) is 18.3 Å². The number of aromatic carboxylic acids is 1. The van der Waals surface area contributed by atoms with E-state index in [1.165, 1.54) is 12.1 Å². The average Bonchev–Trinajstić information content (AvgIpc) is 2.03. The minimum atomic E-state index is -4.35. The fraction of sp³-hybridized carbons (Fsp3) is 0. The van der Waals surface area contributed by atoms with E-state index >= 15 is 0 Å². The molecule has 0 amide bonds. The van der Waals surface area contributed by atoms with Crippen molar-refractivity contribution in [1.82, 2.24) is 0 Å². The van der Waals surface area contributed by atoms with Gasteiger partial charge in [-0.3, -0.25) is 4.55 Å². The second-order valence-corrected chi connectivity index (χ2v) is 3.71. The molecule has 0 aliphatic rings. The summed E-state index contributed by atoms with van der Waals surface area (Å²) in [5.41, 5.74) is -0.296. The van der Waals surface area contributed by atoms with Crippen LogP contribution in [-0.4, -0.2) is 18.9 Å². The van der Waals surface area contributed by atoms with Crippen molar-refractivity contribution >= 4 is 16.1 Å². The Labute approximate surface area is 131 Å². The van der Waals surface area contributed by atoms with Crippen LogP contribution in [0.1, 0.15) is 10.4 Å². The molecule has 1 aromatic carbocycles. The molecule has 8 heteroatoms. The standard InChI is InChI=1S/C7H6O5S.2Na/c8-7(9)5-2-1-3-6(4-5)13(10,11)12;;/h1-4H,(H,8,9)(H,10,11,12);;/q;2*+1/p-1. The van der Waals surface area contributed by atoms with E-state index in [2.05, 4.69) is 0 Å². The molecule has 5 nitrogen and oxygen atoms in total. The van der Waals surface area contributed by atoms with E-state index in [-0.39, 0.29) is 64.7 Å². The summed E-state index contributed by atoms with van der Waals surface area (Å²) in [4.78, 5) is 9.83. The topological polar surface area (TPSA) is 94.5 Å². The second kappa shape index (κ2) is 7.03. The molecule has 0 bridgehead atoms. The zero-order chi connectivity index (χ0) is 10.1. The number of carboxylic acids is 1. The van der Waals surface area contributed by atoms with Crippen molar-refractivity contribution in [1.29, 1.82) is 0 Å². The van der Waals surface area contributed by atoms with Crippen LogP contribution in [0.5, 0.6) is 0 Å². The first-order chi connectivity index (χ1) is 5.91. The van der Waals surface area contributed by atoms with Gasteiger partial charge in [0.1, 0.15) is 0 Å². The normalized spacial score (nSPS) is 9.67. The van der Waals surface area contributed by atoms with Gasteiger partial charge in [0, 0.05) is 0 Å². The van der Waals surface area contributed by atoms with Crippen molar-refractivity contribution in [2.24, 2.45) is 0 Å². The van der Waals surface area contributed by atoms with E-state index in [0.717, 1.165) is 12.1 Å². The molecule has 0 radical (unpaired) electrons.